The minimum atomic E-state index is -0.805. The van der Waals surface area contributed by atoms with Crippen LogP contribution in [0.5, 0.6) is 0 Å². The SMILES string of the molecule is Cc1nn(C)c(/C(OCOC(=O)OCCC(C)C)=C(\C#N)c2ccc(C(C)(C)C)cc2)c1C. The van der Waals surface area contributed by atoms with Gasteiger partial charge in [0.1, 0.15) is 17.3 Å². The summed E-state index contributed by atoms with van der Waals surface area (Å²) in [6.07, 6.45) is -0.0569. The molecular weight excluding hydrogens is 418 g/mol. The van der Waals surface area contributed by atoms with Crippen molar-refractivity contribution in [2.24, 2.45) is 13.0 Å². The summed E-state index contributed by atoms with van der Waals surface area (Å²) in [6.45, 7) is 14.2. The van der Waals surface area contributed by atoms with Gasteiger partial charge in [0.05, 0.1) is 12.3 Å². The average molecular weight is 454 g/mol. The third kappa shape index (κ3) is 6.85. The van der Waals surface area contributed by atoms with Crippen LogP contribution in [-0.2, 0) is 26.7 Å². The van der Waals surface area contributed by atoms with Crippen LogP contribution in [0, 0.1) is 31.1 Å². The van der Waals surface area contributed by atoms with Gasteiger partial charge < -0.3 is 14.2 Å². The minimum absolute atomic E-state index is 0.00606. The van der Waals surface area contributed by atoms with Gasteiger partial charge in [-0.2, -0.15) is 10.4 Å². The molecule has 0 amide bonds. The molecule has 0 spiro atoms. The van der Waals surface area contributed by atoms with Gasteiger partial charge in [0.2, 0.25) is 6.79 Å². The van der Waals surface area contributed by atoms with Crippen molar-refractivity contribution < 1.29 is 19.0 Å². The van der Waals surface area contributed by atoms with Gasteiger partial charge >= 0.3 is 6.16 Å². The van der Waals surface area contributed by atoms with Crippen molar-refractivity contribution in [3.05, 3.63) is 52.3 Å². The Balaban J connectivity index is 2.37. The molecule has 0 aliphatic heterocycles. The molecule has 1 heterocycles. The van der Waals surface area contributed by atoms with Crippen LogP contribution in [0.2, 0.25) is 0 Å². The number of aromatic nitrogens is 2. The quantitative estimate of drug-likeness (QED) is 0.214. The van der Waals surface area contributed by atoms with Crippen molar-refractivity contribution in [1.82, 2.24) is 9.78 Å². The zero-order valence-corrected chi connectivity index (χ0v) is 21.0. The number of nitrogens with zero attached hydrogens (tertiary/aromatic N) is 3. The Morgan fingerprint density at radius 3 is 2.24 bits per heavy atom. The van der Waals surface area contributed by atoms with Crippen molar-refractivity contribution in [3.63, 3.8) is 0 Å². The van der Waals surface area contributed by atoms with Crippen LogP contribution >= 0.6 is 0 Å². The molecule has 0 N–H and O–H groups in total. The van der Waals surface area contributed by atoms with Gasteiger partial charge in [-0.25, -0.2) is 4.79 Å². The van der Waals surface area contributed by atoms with E-state index in [0.717, 1.165) is 23.2 Å². The van der Waals surface area contributed by atoms with E-state index in [-0.39, 0.29) is 18.8 Å². The Morgan fingerprint density at radius 1 is 1.12 bits per heavy atom. The predicted molar refractivity (Wildman–Crippen MR) is 128 cm³/mol. The van der Waals surface area contributed by atoms with Crippen molar-refractivity contribution in [2.45, 2.75) is 60.3 Å². The highest BCUT2D eigenvalue weighted by molar-refractivity contribution is 5.94. The molecule has 178 valence electrons. The molecule has 2 aromatic rings. The smallest absolute Gasteiger partial charge is 0.454 e. The van der Waals surface area contributed by atoms with Gasteiger partial charge in [0, 0.05) is 12.6 Å². The number of hydrogen-bond donors (Lipinski definition) is 0. The highest BCUT2D eigenvalue weighted by atomic mass is 16.8. The van der Waals surface area contributed by atoms with Gasteiger partial charge in [-0.15, -0.1) is 0 Å². The monoisotopic (exact) mass is 453 g/mol. The number of benzene rings is 1. The summed E-state index contributed by atoms with van der Waals surface area (Å²) in [6, 6.07) is 10.1. The Kier molecular flexibility index (Phi) is 8.69. The standard InChI is InChI=1S/C26H35N3O4/c1-17(2)13-14-31-25(30)33-16-32-24(23-18(3)19(4)28-29(23)8)22(15-27)20-9-11-21(12-10-20)26(5,6)7/h9-12,17H,13-14,16H2,1-8H3/b24-22-. The molecule has 7 nitrogen and oxygen atoms in total. The van der Waals surface area contributed by atoms with E-state index in [0.29, 0.717) is 28.5 Å². The van der Waals surface area contributed by atoms with Crippen molar-refractivity contribution >= 4 is 17.5 Å². The summed E-state index contributed by atoms with van der Waals surface area (Å²) in [5, 5.41) is 14.5. The van der Waals surface area contributed by atoms with E-state index >= 15 is 0 Å². The van der Waals surface area contributed by atoms with Crippen LogP contribution in [0.25, 0.3) is 11.3 Å². The maximum Gasteiger partial charge on any atom is 0.511 e. The first-order valence-corrected chi connectivity index (χ1v) is 11.1. The van der Waals surface area contributed by atoms with Crippen LogP contribution < -0.4 is 0 Å². The van der Waals surface area contributed by atoms with Crippen LogP contribution in [0.3, 0.4) is 0 Å². The van der Waals surface area contributed by atoms with Crippen molar-refractivity contribution in [2.75, 3.05) is 13.4 Å². The van der Waals surface area contributed by atoms with E-state index in [1.54, 1.807) is 11.7 Å². The van der Waals surface area contributed by atoms with Crippen molar-refractivity contribution in [3.8, 4) is 6.07 Å². The fourth-order valence-electron chi connectivity index (χ4n) is 3.28. The molecule has 0 radical (unpaired) electrons. The third-order valence-electron chi connectivity index (χ3n) is 5.41. The Morgan fingerprint density at radius 2 is 1.76 bits per heavy atom. The predicted octanol–water partition coefficient (Wildman–Crippen LogP) is 5.90. The van der Waals surface area contributed by atoms with E-state index in [2.05, 4.69) is 31.9 Å². The fourth-order valence-corrected chi connectivity index (χ4v) is 3.28. The Bertz CT molecular complexity index is 1040. The molecule has 0 unspecified atom stereocenters. The largest absolute Gasteiger partial charge is 0.511 e. The number of carbonyl (C=O) groups excluding carboxylic acids is 1. The lowest BCUT2D eigenvalue weighted by molar-refractivity contribution is -0.00692. The number of nitriles is 1. The Hall–Kier alpha value is -3.27. The number of hydrogen-bond acceptors (Lipinski definition) is 6. The van der Waals surface area contributed by atoms with Crippen LogP contribution in [-0.4, -0.2) is 29.3 Å². The zero-order valence-electron chi connectivity index (χ0n) is 21.0. The molecule has 0 fully saturated rings. The van der Waals surface area contributed by atoms with Gasteiger partial charge in [-0.3, -0.25) is 4.68 Å². The normalized spacial score (nSPS) is 12.2. The zero-order chi connectivity index (χ0) is 24.8. The van der Waals surface area contributed by atoms with E-state index in [1.807, 2.05) is 52.0 Å². The highest BCUT2D eigenvalue weighted by Gasteiger charge is 2.22. The fraction of sp³-hybridized carbons (Fsp3) is 0.500. The number of aryl methyl sites for hydroxylation is 2. The number of allylic oxidation sites excluding steroid dienone is 1. The van der Waals surface area contributed by atoms with E-state index in [4.69, 9.17) is 14.2 Å². The second kappa shape index (κ2) is 11.0. The summed E-state index contributed by atoms with van der Waals surface area (Å²) in [5.41, 5.74) is 4.55. The van der Waals surface area contributed by atoms with Crippen LogP contribution in [0.1, 0.15) is 69.1 Å². The molecule has 0 saturated carbocycles. The first kappa shape index (κ1) is 26.0. The first-order valence-electron chi connectivity index (χ1n) is 11.1. The third-order valence-corrected chi connectivity index (χ3v) is 5.41. The van der Waals surface area contributed by atoms with E-state index < -0.39 is 6.16 Å². The summed E-state index contributed by atoms with van der Waals surface area (Å²) in [4.78, 5) is 11.9. The van der Waals surface area contributed by atoms with E-state index in [1.165, 1.54) is 0 Å². The summed E-state index contributed by atoms with van der Waals surface area (Å²) < 4.78 is 17.7. The molecule has 1 aromatic carbocycles. The minimum Gasteiger partial charge on any atom is -0.454 e. The maximum atomic E-state index is 11.9. The maximum absolute atomic E-state index is 11.9. The molecule has 7 heteroatoms. The van der Waals surface area contributed by atoms with Crippen LogP contribution in [0.15, 0.2) is 24.3 Å². The van der Waals surface area contributed by atoms with Gasteiger partial charge in [-0.1, -0.05) is 58.9 Å². The second-order valence-corrected chi connectivity index (χ2v) is 9.51. The molecule has 0 atom stereocenters. The van der Waals surface area contributed by atoms with Crippen LogP contribution in [0.4, 0.5) is 4.79 Å². The molecule has 2 rings (SSSR count). The van der Waals surface area contributed by atoms with E-state index in [9.17, 15) is 10.1 Å². The van der Waals surface area contributed by atoms with Crippen molar-refractivity contribution in [1.29, 1.82) is 5.26 Å². The summed E-state index contributed by atoms with van der Waals surface area (Å²) in [5.74, 6) is 0.721. The molecule has 1 aromatic heterocycles. The lowest BCUT2D eigenvalue weighted by Crippen LogP contribution is -2.13. The van der Waals surface area contributed by atoms with Gasteiger partial charge in [0.15, 0.2) is 5.76 Å². The number of rotatable bonds is 8. The molecule has 0 aliphatic carbocycles. The lowest BCUT2D eigenvalue weighted by Gasteiger charge is -2.19. The van der Waals surface area contributed by atoms with Gasteiger partial charge in [-0.05, 0) is 42.7 Å². The topological polar surface area (TPSA) is 86.4 Å². The average Bonchev–Trinajstić information content (AvgIpc) is 2.98. The first-order chi connectivity index (χ1) is 15.5. The lowest BCUT2D eigenvalue weighted by atomic mass is 9.86. The molecule has 33 heavy (non-hydrogen) atoms. The molecular formula is C26H35N3O4. The summed E-state index contributed by atoms with van der Waals surface area (Å²) >= 11 is 0. The molecule has 0 aliphatic rings. The molecule has 0 bridgehead atoms. The number of carbonyl (C=O) groups is 1. The summed E-state index contributed by atoms with van der Waals surface area (Å²) in [7, 11) is 1.79. The highest BCUT2D eigenvalue weighted by Crippen LogP contribution is 2.31. The number of ether oxygens (including phenoxy) is 3. The Labute approximate surface area is 197 Å². The second-order valence-electron chi connectivity index (χ2n) is 9.51. The van der Waals surface area contributed by atoms with Gasteiger partial charge in [0.25, 0.3) is 0 Å². The molecule has 0 saturated heterocycles.